The van der Waals surface area contributed by atoms with Crippen molar-refractivity contribution in [1.82, 2.24) is 25.2 Å². The average Bonchev–Trinajstić information content (AvgIpc) is 3.29. The second kappa shape index (κ2) is 9.65. The Hall–Kier alpha value is -3.65. The van der Waals surface area contributed by atoms with Gasteiger partial charge in [0.05, 0.1) is 23.0 Å². The fourth-order valence-corrected chi connectivity index (χ4v) is 3.93. The lowest BCUT2D eigenvalue weighted by molar-refractivity contribution is -0.120. The average molecular weight is 431 g/mol. The van der Waals surface area contributed by atoms with E-state index in [9.17, 15) is 9.59 Å². The van der Waals surface area contributed by atoms with Gasteiger partial charge in [-0.3, -0.25) is 29.4 Å². The highest BCUT2D eigenvalue weighted by Gasteiger charge is 2.31. The van der Waals surface area contributed by atoms with Gasteiger partial charge in [0.2, 0.25) is 5.91 Å². The molecule has 0 radical (unpaired) electrons. The van der Waals surface area contributed by atoms with E-state index >= 15 is 0 Å². The van der Waals surface area contributed by atoms with Crippen molar-refractivity contribution in [2.45, 2.75) is 32.4 Å². The van der Waals surface area contributed by atoms with Crippen LogP contribution >= 0.6 is 0 Å². The lowest BCUT2D eigenvalue weighted by Crippen LogP contribution is -2.39. The summed E-state index contributed by atoms with van der Waals surface area (Å²) in [4.78, 5) is 39.8. The SMILES string of the molecule is CNC(=O)c1cncc(-c2ccc(NC(=O)C3CCCN3Cc3nccnc3C)cc2)c1. The lowest BCUT2D eigenvalue weighted by Gasteiger charge is -2.23. The number of nitrogens with one attached hydrogen (secondary N) is 2. The van der Waals surface area contributed by atoms with Gasteiger partial charge in [-0.15, -0.1) is 0 Å². The standard InChI is InChI=1S/C24H26N6O2/c1-16-21(28-10-9-27-16)15-30-11-3-4-22(30)24(32)29-20-7-5-17(6-8-20)18-12-19(14-26-13-18)23(31)25-2/h5-10,12-14,22H,3-4,11,15H2,1-2H3,(H,25,31)(H,29,32). The summed E-state index contributed by atoms with van der Waals surface area (Å²) in [6.07, 6.45) is 8.42. The molecule has 8 heteroatoms. The summed E-state index contributed by atoms with van der Waals surface area (Å²) in [6, 6.07) is 9.16. The van der Waals surface area contributed by atoms with Crippen LogP contribution in [0, 0.1) is 6.92 Å². The van der Waals surface area contributed by atoms with Gasteiger partial charge in [0.1, 0.15) is 0 Å². The fourth-order valence-electron chi connectivity index (χ4n) is 3.93. The summed E-state index contributed by atoms with van der Waals surface area (Å²) in [7, 11) is 1.59. The molecule has 1 atom stereocenters. The summed E-state index contributed by atoms with van der Waals surface area (Å²) in [5.41, 5.74) is 4.79. The number of aromatic nitrogens is 3. The first-order chi connectivity index (χ1) is 15.5. The smallest absolute Gasteiger partial charge is 0.252 e. The van der Waals surface area contributed by atoms with Crippen LogP contribution in [0.1, 0.15) is 34.6 Å². The number of hydrogen-bond acceptors (Lipinski definition) is 6. The minimum atomic E-state index is -0.190. The normalized spacial score (nSPS) is 16.0. The Morgan fingerprint density at radius 3 is 2.62 bits per heavy atom. The van der Waals surface area contributed by atoms with E-state index in [-0.39, 0.29) is 17.9 Å². The highest BCUT2D eigenvalue weighted by molar-refractivity contribution is 5.96. The van der Waals surface area contributed by atoms with Gasteiger partial charge >= 0.3 is 0 Å². The van der Waals surface area contributed by atoms with Crippen molar-refractivity contribution in [3.8, 4) is 11.1 Å². The molecule has 3 aromatic rings. The molecule has 1 aliphatic rings. The van der Waals surface area contributed by atoms with Crippen molar-refractivity contribution in [2.75, 3.05) is 18.9 Å². The predicted molar refractivity (Wildman–Crippen MR) is 122 cm³/mol. The van der Waals surface area contributed by atoms with Gasteiger partial charge in [-0.1, -0.05) is 12.1 Å². The topological polar surface area (TPSA) is 100 Å². The zero-order valence-corrected chi connectivity index (χ0v) is 18.2. The van der Waals surface area contributed by atoms with Crippen LogP contribution in [-0.4, -0.2) is 51.3 Å². The Morgan fingerprint density at radius 1 is 1.09 bits per heavy atom. The van der Waals surface area contributed by atoms with Gasteiger partial charge in [-0.2, -0.15) is 0 Å². The summed E-state index contributed by atoms with van der Waals surface area (Å²) >= 11 is 0. The first kappa shape index (κ1) is 21.6. The Morgan fingerprint density at radius 2 is 1.88 bits per heavy atom. The molecule has 0 aliphatic carbocycles. The number of likely N-dealkylation sites (tertiary alicyclic amines) is 1. The van der Waals surface area contributed by atoms with Gasteiger partial charge in [-0.25, -0.2) is 0 Å². The van der Waals surface area contributed by atoms with Crippen molar-refractivity contribution >= 4 is 17.5 Å². The Labute approximate surface area is 187 Å². The quantitative estimate of drug-likeness (QED) is 0.624. The first-order valence-corrected chi connectivity index (χ1v) is 10.6. The molecule has 0 saturated carbocycles. The summed E-state index contributed by atoms with van der Waals surface area (Å²) < 4.78 is 0. The monoisotopic (exact) mass is 430 g/mol. The Balaban J connectivity index is 1.42. The largest absolute Gasteiger partial charge is 0.355 e. The van der Waals surface area contributed by atoms with Crippen molar-refractivity contribution < 1.29 is 9.59 Å². The van der Waals surface area contributed by atoms with Crippen molar-refractivity contribution in [2.24, 2.45) is 0 Å². The predicted octanol–water partition coefficient (Wildman–Crippen LogP) is 2.81. The maximum absolute atomic E-state index is 13.0. The van der Waals surface area contributed by atoms with E-state index in [0.717, 1.165) is 47.6 Å². The molecule has 8 nitrogen and oxygen atoms in total. The third-order valence-electron chi connectivity index (χ3n) is 5.72. The number of pyridine rings is 1. The Bertz CT molecular complexity index is 1120. The molecule has 0 spiro atoms. The molecule has 164 valence electrons. The van der Waals surface area contributed by atoms with Crippen LogP contribution in [0.15, 0.2) is 55.1 Å². The van der Waals surface area contributed by atoms with Crippen LogP contribution in [0.25, 0.3) is 11.1 Å². The number of rotatable bonds is 6. The van der Waals surface area contributed by atoms with Crippen LogP contribution < -0.4 is 10.6 Å². The number of hydrogen-bond donors (Lipinski definition) is 2. The maximum atomic E-state index is 13.0. The Kier molecular flexibility index (Phi) is 6.51. The van der Waals surface area contributed by atoms with E-state index in [1.54, 1.807) is 31.7 Å². The molecule has 1 saturated heterocycles. The van der Waals surface area contributed by atoms with Gasteiger partial charge in [0.25, 0.3) is 5.91 Å². The number of aryl methyl sites for hydroxylation is 1. The number of anilines is 1. The van der Waals surface area contributed by atoms with Crippen molar-refractivity contribution in [3.05, 3.63) is 72.1 Å². The van der Waals surface area contributed by atoms with Crippen LogP contribution in [0.2, 0.25) is 0 Å². The molecule has 2 N–H and O–H groups in total. The summed E-state index contributed by atoms with van der Waals surface area (Å²) in [5, 5.41) is 5.64. The molecule has 3 heterocycles. The van der Waals surface area contributed by atoms with Crippen molar-refractivity contribution in [3.63, 3.8) is 0 Å². The molecule has 2 amide bonds. The molecular formula is C24H26N6O2. The molecule has 32 heavy (non-hydrogen) atoms. The summed E-state index contributed by atoms with van der Waals surface area (Å²) in [5.74, 6) is -0.193. The first-order valence-electron chi connectivity index (χ1n) is 10.6. The van der Waals surface area contributed by atoms with Gasteiger partial charge < -0.3 is 10.6 Å². The molecule has 2 aromatic heterocycles. The minimum Gasteiger partial charge on any atom is -0.355 e. The van der Waals surface area contributed by atoms with Crippen LogP contribution in [0.5, 0.6) is 0 Å². The van der Waals surface area contributed by atoms with Crippen LogP contribution in [0.4, 0.5) is 5.69 Å². The molecule has 1 aliphatic heterocycles. The van der Waals surface area contributed by atoms with E-state index in [0.29, 0.717) is 12.1 Å². The number of carbonyl (C=O) groups excluding carboxylic acids is 2. The number of amides is 2. The second-order valence-corrected chi connectivity index (χ2v) is 7.82. The van der Waals surface area contributed by atoms with Gasteiger partial charge in [0.15, 0.2) is 0 Å². The van der Waals surface area contributed by atoms with Gasteiger partial charge in [0, 0.05) is 49.6 Å². The molecule has 4 rings (SSSR count). The van der Waals surface area contributed by atoms with Crippen LogP contribution in [-0.2, 0) is 11.3 Å². The van der Waals surface area contributed by atoms with Crippen molar-refractivity contribution in [1.29, 1.82) is 0 Å². The van der Waals surface area contributed by atoms with Gasteiger partial charge in [-0.05, 0) is 50.1 Å². The molecule has 1 aromatic carbocycles. The molecular weight excluding hydrogens is 404 g/mol. The molecule has 1 unspecified atom stereocenters. The fraction of sp³-hybridized carbons (Fsp3) is 0.292. The number of benzene rings is 1. The summed E-state index contributed by atoms with van der Waals surface area (Å²) in [6.45, 7) is 3.42. The van der Waals surface area contributed by atoms with Crippen LogP contribution in [0.3, 0.4) is 0 Å². The maximum Gasteiger partial charge on any atom is 0.252 e. The van der Waals surface area contributed by atoms with E-state index in [1.807, 2.05) is 31.2 Å². The van der Waals surface area contributed by atoms with E-state index < -0.39 is 0 Å². The highest BCUT2D eigenvalue weighted by Crippen LogP contribution is 2.24. The number of carbonyl (C=O) groups is 2. The zero-order valence-electron chi connectivity index (χ0n) is 18.2. The van der Waals surface area contributed by atoms with E-state index in [2.05, 4.69) is 30.5 Å². The third-order valence-corrected chi connectivity index (χ3v) is 5.72. The second-order valence-electron chi connectivity index (χ2n) is 7.82. The molecule has 1 fully saturated rings. The van der Waals surface area contributed by atoms with E-state index in [1.165, 1.54) is 6.20 Å². The highest BCUT2D eigenvalue weighted by atomic mass is 16.2. The zero-order chi connectivity index (χ0) is 22.5. The van der Waals surface area contributed by atoms with E-state index in [4.69, 9.17) is 0 Å². The number of nitrogens with zero attached hydrogens (tertiary/aromatic N) is 4. The lowest BCUT2D eigenvalue weighted by atomic mass is 10.1. The molecule has 0 bridgehead atoms. The third kappa shape index (κ3) is 4.81. The minimum absolute atomic E-state index is 0.0138.